The summed E-state index contributed by atoms with van der Waals surface area (Å²) in [4.78, 5) is 12.9. The van der Waals surface area contributed by atoms with E-state index in [0.717, 1.165) is 10.5 Å². The van der Waals surface area contributed by atoms with Gasteiger partial charge in [0.05, 0.1) is 12.8 Å². The number of nitrogens with one attached hydrogen (secondary N) is 1. The average molecular weight is 358 g/mol. The maximum absolute atomic E-state index is 11.8. The molecule has 0 bridgehead atoms. The second-order valence-electron chi connectivity index (χ2n) is 5.36. The number of thioether (sulfide) groups is 1. The summed E-state index contributed by atoms with van der Waals surface area (Å²) < 4.78 is 5.31. The van der Waals surface area contributed by atoms with Gasteiger partial charge < -0.3 is 9.84 Å². The van der Waals surface area contributed by atoms with Gasteiger partial charge >= 0.3 is 0 Å². The molecule has 0 radical (unpaired) electrons. The van der Waals surface area contributed by atoms with Gasteiger partial charge in [-0.05, 0) is 49.7 Å². The summed E-state index contributed by atoms with van der Waals surface area (Å²) in [5, 5.41) is 13.6. The third kappa shape index (κ3) is 6.51. The van der Waals surface area contributed by atoms with Crippen LogP contribution in [0.4, 0.5) is 0 Å². The zero-order chi connectivity index (χ0) is 18.1. The van der Waals surface area contributed by atoms with Crippen LogP contribution in [0.25, 0.3) is 0 Å². The predicted molar refractivity (Wildman–Crippen MR) is 102 cm³/mol. The van der Waals surface area contributed by atoms with E-state index in [4.69, 9.17) is 4.74 Å². The van der Waals surface area contributed by atoms with Crippen LogP contribution in [0.15, 0.2) is 52.5 Å². The van der Waals surface area contributed by atoms with Gasteiger partial charge in [0.25, 0.3) is 0 Å². The van der Waals surface area contributed by atoms with Gasteiger partial charge in [0.2, 0.25) is 5.91 Å². The Morgan fingerprint density at radius 2 is 2.04 bits per heavy atom. The van der Waals surface area contributed by atoms with Crippen molar-refractivity contribution in [2.45, 2.75) is 25.2 Å². The molecule has 0 aliphatic heterocycles. The molecule has 2 aromatic rings. The number of aromatic hydroxyl groups is 1. The van der Waals surface area contributed by atoms with E-state index in [-0.39, 0.29) is 11.7 Å². The van der Waals surface area contributed by atoms with Gasteiger partial charge in [0, 0.05) is 17.1 Å². The first-order chi connectivity index (χ1) is 12.1. The summed E-state index contributed by atoms with van der Waals surface area (Å²) in [6, 6.07) is 13.1. The van der Waals surface area contributed by atoms with Crippen LogP contribution < -0.4 is 10.2 Å². The van der Waals surface area contributed by atoms with Crippen molar-refractivity contribution in [3.05, 3.63) is 53.6 Å². The van der Waals surface area contributed by atoms with E-state index in [0.29, 0.717) is 24.5 Å². The third-order valence-electron chi connectivity index (χ3n) is 3.31. The second-order valence-corrected chi connectivity index (χ2v) is 6.53. The van der Waals surface area contributed by atoms with Gasteiger partial charge in [-0.15, -0.1) is 11.8 Å². The smallest absolute Gasteiger partial charge is 0.240 e. The first-order valence-electron chi connectivity index (χ1n) is 8.05. The lowest BCUT2D eigenvalue weighted by Crippen LogP contribution is -2.17. The summed E-state index contributed by atoms with van der Waals surface area (Å²) in [5.74, 6) is 1.03. The number of hydrogen-bond acceptors (Lipinski definition) is 5. The van der Waals surface area contributed by atoms with Gasteiger partial charge in [0.15, 0.2) is 11.5 Å². The number of carbonyl (C=O) groups is 1. The van der Waals surface area contributed by atoms with Crippen molar-refractivity contribution in [3.8, 4) is 11.5 Å². The molecule has 132 valence electrons. The van der Waals surface area contributed by atoms with Crippen molar-refractivity contribution in [2.75, 3.05) is 12.4 Å². The van der Waals surface area contributed by atoms with Crippen LogP contribution in [-0.2, 0) is 4.79 Å². The predicted octanol–water partition coefficient (Wildman–Crippen LogP) is 3.73. The molecule has 25 heavy (non-hydrogen) atoms. The zero-order valence-corrected chi connectivity index (χ0v) is 15.2. The van der Waals surface area contributed by atoms with Crippen LogP contribution in [0.3, 0.4) is 0 Å². The van der Waals surface area contributed by atoms with E-state index in [9.17, 15) is 9.90 Å². The van der Waals surface area contributed by atoms with Crippen molar-refractivity contribution in [1.82, 2.24) is 5.43 Å². The molecule has 0 unspecified atom stereocenters. The highest BCUT2D eigenvalue weighted by Gasteiger charge is 2.03. The number of carbonyl (C=O) groups excluding carboxylic acids is 1. The SMILES string of the molecule is CCOc1cc(/C=N\NC(=O)CCSc2ccc(C)cc2)ccc1O. The fourth-order valence-corrected chi connectivity index (χ4v) is 2.86. The highest BCUT2D eigenvalue weighted by Crippen LogP contribution is 2.26. The lowest BCUT2D eigenvalue weighted by Gasteiger charge is -2.06. The Labute approximate surface area is 152 Å². The molecular formula is C19H22N2O3S. The van der Waals surface area contributed by atoms with Gasteiger partial charge in [0.1, 0.15) is 0 Å². The van der Waals surface area contributed by atoms with Crippen molar-refractivity contribution in [3.63, 3.8) is 0 Å². The van der Waals surface area contributed by atoms with E-state index in [1.165, 1.54) is 17.8 Å². The number of benzene rings is 2. The normalized spacial score (nSPS) is 10.8. The summed E-state index contributed by atoms with van der Waals surface area (Å²) in [7, 11) is 0. The second kappa shape index (κ2) is 9.74. The molecular weight excluding hydrogens is 336 g/mol. The number of nitrogens with zero attached hydrogens (tertiary/aromatic N) is 1. The lowest BCUT2D eigenvalue weighted by atomic mass is 10.2. The number of phenols is 1. The number of rotatable bonds is 8. The fourth-order valence-electron chi connectivity index (χ4n) is 2.01. The molecule has 6 heteroatoms. The summed E-state index contributed by atoms with van der Waals surface area (Å²) in [6.07, 6.45) is 1.91. The molecule has 0 spiro atoms. The van der Waals surface area contributed by atoms with Gasteiger partial charge in [-0.2, -0.15) is 5.10 Å². The maximum atomic E-state index is 11.8. The van der Waals surface area contributed by atoms with E-state index in [2.05, 4.69) is 34.8 Å². The highest BCUT2D eigenvalue weighted by atomic mass is 32.2. The van der Waals surface area contributed by atoms with Crippen LogP contribution in [-0.4, -0.2) is 29.6 Å². The molecule has 1 amide bonds. The first kappa shape index (κ1) is 18.9. The first-order valence-corrected chi connectivity index (χ1v) is 9.04. The quantitative estimate of drug-likeness (QED) is 0.428. The van der Waals surface area contributed by atoms with E-state index in [1.54, 1.807) is 23.9 Å². The van der Waals surface area contributed by atoms with Gasteiger partial charge in [-0.25, -0.2) is 5.43 Å². The zero-order valence-electron chi connectivity index (χ0n) is 14.4. The lowest BCUT2D eigenvalue weighted by molar-refractivity contribution is -0.120. The Hall–Kier alpha value is -2.47. The Balaban J connectivity index is 1.76. The van der Waals surface area contributed by atoms with Crippen LogP contribution in [0.2, 0.25) is 0 Å². The molecule has 0 aliphatic rings. The largest absolute Gasteiger partial charge is 0.504 e. The van der Waals surface area contributed by atoms with Crippen molar-refractivity contribution >= 4 is 23.9 Å². The van der Waals surface area contributed by atoms with Crippen LogP contribution in [0, 0.1) is 6.92 Å². The Morgan fingerprint density at radius 3 is 2.76 bits per heavy atom. The topological polar surface area (TPSA) is 70.9 Å². The van der Waals surface area contributed by atoms with Crippen LogP contribution in [0.5, 0.6) is 11.5 Å². The maximum Gasteiger partial charge on any atom is 0.240 e. The average Bonchev–Trinajstić information content (AvgIpc) is 2.60. The van der Waals surface area contributed by atoms with Crippen molar-refractivity contribution in [1.29, 1.82) is 0 Å². The van der Waals surface area contributed by atoms with Gasteiger partial charge in [-0.1, -0.05) is 17.7 Å². The standard InChI is InChI=1S/C19H22N2O3S/c1-3-24-18-12-15(6-9-17(18)22)13-20-21-19(23)10-11-25-16-7-4-14(2)5-8-16/h4-9,12-13,22H,3,10-11H2,1-2H3,(H,21,23)/b20-13-. The molecule has 0 saturated carbocycles. The Kier molecular flexibility index (Phi) is 7.35. The number of amides is 1. The van der Waals surface area contributed by atoms with Crippen molar-refractivity contribution in [2.24, 2.45) is 5.10 Å². The van der Waals surface area contributed by atoms with E-state index in [1.807, 2.05) is 13.8 Å². The molecule has 0 aromatic heterocycles. The summed E-state index contributed by atoms with van der Waals surface area (Å²) in [5.41, 5.74) is 4.46. The Bertz CT molecular complexity index is 730. The summed E-state index contributed by atoms with van der Waals surface area (Å²) >= 11 is 1.64. The molecule has 2 aromatic carbocycles. The minimum atomic E-state index is -0.139. The molecule has 0 fully saturated rings. The number of hydrogen-bond donors (Lipinski definition) is 2. The number of phenolic OH excluding ortho intramolecular Hbond substituents is 1. The number of aryl methyl sites for hydroxylation is 1. The molecule has 0 saturated heterocycles. The number of hydrazone groups is 1. The Morgan fingerprint density at radius 1 is 1.28 bits per heavy atom. The van der Waals surface area contributed by atoms with Crippen LogP contribution >= 0.6 is 11.8 Å². The van der Waals surface area contributed by atoms with Crippen molar-refractivity contribution < 1.29 is 14.6 Å². The number of ether oxygens (including phenoxy) is 1. The minimum absolute atomic E-state index is 0.0798. The molecule has 0 atom stereocenters. The molecule has 2 rings (SSSR count). The highest BCUT2D eigenvalue weighted by molar-refractivity contribution is 7.99. The van der Waals surface area contributed by atoms with Gasteiger partial charge in [-0.3, -0.25) is 4.79 Å². The van der Waals surface area contributed by atoms with E-state index >= 15 is 0 Å². The fraction of sp³-hybridized carbons (Fsp3) is 0.263. The minimum Gasteiger partial charge on any atom is -0.504 e. The molecule has 0 aliphatic carbocycles. The van der Waals surface area contributed by atoms with Crippen LogP contribution in [0.1, 0.15) is 24.5 Å². The molecule has 0 heterocycles. The van der Waals surface area contributed by atoms with E-state index < -0.39 is 0 Å². The molecule has 5 nitrogen and oxygen atoms in total. The molecule has 2 N–H and O–H groups in total. The third-order valence-corrected chi connectivity index (χ3v) is 4.32. The summed E-state index contributed by atoms with van der Waals surface area (Å²) in [6.45, 7) is 4.35. The monoisotopic (exact) mass is 358 g/mol.